The summed E-state index contributed by atoms with van der Waals surface area (Å²) in [5.41, 5.74) is 1.38. The van der Waals surface area contributed by atoms with Crippen molar-refractivity contribution in [2.75, 3.05) is 13.1 Å². The molecular weight excluding hydrogens is 196 g/mol. The maximum atomic E-state index is 4.24. The van der Waals surface area contributed by atoms with E-state index in [0.29, 0.717) is 0 Å². The quantitative estimate of drug-likeness (QED) is 0.744. The number of rotatable bonds is 2. The van der Waals surface area contributed by atoms with Gasteiger partial charge in [-0.25, -0.2) is 0 Å². The zero-order chi connectivity index (χ0) is 10.8. The average molecular weight is 210 g/mol. The summed E-state index contributed by atoms with van der Waals surface area (Å²) in [5, 5.41) is 2.67. The van der Waals surface area contributed by atoms with Gasteiger partial charge in [-0.3, -0.25) is 4.99 Å². The molecule has 0 saturated heterocycles. The second-order valence-corrected chi connectivity index (χ2v) is 4.13. The minimum Gasteiger partial charge on any atom is -0.357 e. The van der Waals surface area contributed by atoms with E-state index < -0.39 is 0 Å². The lowest BCUT2D eigenvalue weighted by Crippen LogP contribution is -2.18. The van der Waals surface area contributed by atoms with Gasteiger partial charge in [0.25, 0.3) is 0 Å². The van der Waals surface area contributed by atoms with E-state index in [-0.39, 0.29) is 0 Å². The van der Waals surface area contributed by atoms with Crippen LogP contribution in [0.1, 0.15) is 5.56 Å². The monoisotopic (exact) mass is 210 g/mol. The van der Waals surface area contributed by atoms with Gasteiger partial charge < -0.3 is 4.90 Å². The van der Waals surface area contributed by atoms with E-state index in [9.17, 15) is 0 Å². The third-order valence-electron chi connectivity index (χ3n) is 3.01. The maximum absolute atomic E-state index is 4.24. The maximum Gasteiger partial charge on any atom is 0.0854 e. The Morgan fingerprint density at radius 2 is 1.94 bits per heavy atom. The van der Waals surface area contributed by atoms with E-state index >= 15 is 0 Å². The molecule has 0 unspecified atom stereocenters. The second kappa shape index (κ2) is 3.97. The molecular formula is C14H14N2. The summed E-state index contributed by atoms with van der Waals surface area (Å²) >= 11 is 0. The van der Waals surface area contributed by atoms with Gasteiger partial charge in [-0.15, -0.1) is 0 Å². The van der Waals surface area contributed by atoms with Gasteiger partial charge in [-0.2, -0.15) is 0 Å². The Morgan fingerprint density at radius 3 is 2.81 bits per heavy atom. The molecule has 0 bridgehead atoms. The van der Waals surface area contributed by atoms with E-state index in [1.165, 1.54) is 16.3 Å². The highest BCUT2D eigenvalue weighted by atomic mass is 15.2. The Morgan fingerprint density at radius 1 is 1.06 bits per heavy atom. The molecule has 3 rings (SSSR count). The number of fused-ring (bicyclic) bond motifs is 1. The van der Waals surface area contributed by atoms with Gasteiger partial charge in [0.15, 0.2) is 0 Å². The van der Waals surface area contributed by atoms with Crippen LogP contribution in [0.15, 0.2) is 47.5 Å². The third kappa shape index (κ3) is 1.67. The molecule has 0 saturated carbocycles. The van der Waals surface area contributed by atoms with Crippen molar-refractivity contribution in [2.24, 2.45) is 4.99 Å². The summed E-state index contributed by atoms with van der Waals surface area (Å²) in [6.07, 6.45) is 1.96. The smallest absolute Gasteiger partial charge is 0.0854 e. The molecule has 0 amide bonds. The van der Waals surface area contributed by atoms with E-state index in [1.807, 2.05) is 6.34 Å². The number of benzene rings is 2. The molecule has 0 atom stereocenters. The number of aliphatic imine (C=N–C) groups is 1. The van der Waals surface area contributed by atoms with Gasteiger partial charge in [0.1, 0.15) is 0 Å². The first-order valence-electron chi connectivity index (χ1n) is 5.64. The van der Waals surface area contributed by atoms with Crippen molar-refractivity contribution in [1.29, 1.82) is 0 Å². The third-order valence-corrected chi connectivity index (χ3v) is 3.01. The van der Waals surface area contributed by atoms with Crippen molar-refractivity contribution < 1.29 is 0 Å². The van der Waals surface area contributed by atoms with Gasteiger partial charge in [-0.05, 0) is 16.3 Å². The van der Waals surface area contributed by atoms with Crippen LogP contribution >= 0.6 is 0 Å². The van der Waals surface area contributed by atoms with Crippen LogP contribution in [0.5, 0.6) is 0 Å². The average Bonchev–Trinajstić information content (AvgIpc) is 2.82. The first-order valence-corrected chi connectivity index (χ1v) is 5.64. The number of hydrogen-bond acceptors (Lipinski definition) is 2. The molecule has 16 heavy (non-hydrogen) atoms. The minimum absolute atomic E-state index is 0.935. The Bertz CT molecular complexity index is 526. The van der Waals surface area contributed by atoms with Crippen LogP contribution < -0.4 is 0 Å². The van der Waals surface area contributed by atoms with Gasteiger partial charge in [-0.1, -0.05) is 42.5 Å². The predicted molar refractivity (Wildman–Crippen MR) is 67.7 cm³/mol. The summed E-state index contributed by atoms with van der Waals surface area (Å²) < 4.78 is 0. The van der Waals surface area contributed by atoms with Crippen LogP contribution in [-0.4, -0.2) is 24.3 Å². The fourth-order valence-corrected chi connectivity index (χ4v) is 2.19. The molecule has 1 heterocycles. The molecule has 0 aromatic heterocycles. The predicted octanol–water partition coefficient (Wildman–Crippen LogP) is 2.68. The van der Waals surface area contributed by atoms with Crippen molar-refractivity contribution in [3.8, 4) is 0 Å². The Kier molecular flexibility index (Phi) is 2.33. The topological polar surface area (TPSA) is 15.6 Å². The molecule has 0 aliphatic carbocycles. The first kappa shape index (κ1) is 9.40. The highest BCUT2D eigenvalue weighted by Gasteiger charge is 2.07. The molecule has 0 N–H and O–H groups in total. The lowest BCUT2D eigenvalue weighted by molar-refractivity contribution is 0.465. The molecule has 2 aromatic rings. The standard InChI is InChI=1S/C14H14N2/c1-2-7-14-12(4-1)5-3-6-13(14)10-16-9-8-15-11-16/h1-7,11H,8-10H2. The van der Waals surface area contributed by atoms with Crippen LogP contribution in [0, 0.1) is 0 Å². The lowest BCUT2D eigenvalue weighted by Gasteiger charge is -2.15. The van der Waals surface area contributed by atoms with Crippen molar-refractivity contribution in [3.63, 3.8) is 0 Å². The zero-order valence-corrected chi connectivity index (χ0v) is 9.13. The van der Waals surface area contributed by atoms with Crippen LogP contribution in [0.25, 0.3) is 10.8 Å². The van der Waals surface area contributed by atoms with Crippen molar-refractivity contribution in [3.05, 3.63) is 48.0 Å². The van der Waals surface area contributed by atoms with E-state index in [0.717, 1.165) is 19.6 Å². The van der Waals surface area contributed by atoms with Crippen LogP contribution in [0.4, 0.5) is 0 Å². The van der Waals surface area contributed by atoms with Crippen molar-refractivity contribution in [1.82, 2.24) is 4.90 Å². The Hall–Kier alpha value is -1.83. The molecule has 2 heteroatoms. The SMILES string of the molecule is C1=NCCN1Cc1cccc2ccccc12. The molecule has 2 aromatic carbocycles. The van der Waals surface area contributed by atoms with Gasteiger partial charge in [0.05, 0.1) is 12.9 Å². The van der Waals surface area contributed by atoms with Crippen LogP contribution in [0.2, 0.25) is 0 Å². The highest BCUT2D eigenvalue weighted by Crippen LogP contribution is 2.19. The second-order valence-electron chi connectivity index (χ2n) is 4.13. The fraction of sp³-hybridized carbons (Fsp3) is 0.214. The molecule has 80 valence electrons. The lowest BCUT2D eigenvalue weighted by atomic mass is 10.0. The van der Waals surface area contributed by atoms with Gasteiger partial charge >= 0.3 is 0 Å². The Labute approximate surface area is 95.2 Å². The Balaban J connectivity index is 1.99. The number of hydrogen-bond donors (Lipinski definition) is 0. The largest absolute Gasteiger partial charge is 0.357 e. The van der Waals surface area contributed by atoms with Crippen LogP contribution in [-0.2, 0) is 6.54 Å². The normalized spacial score (nSPS) is 14.9. The first-order chi connectivity index (χ1) is 7.93. The van der Waals surface area contributed by atoms with Gasteiger partial charge in [0, 0.05) is 13.1 Å². The zero-order valence-electron chi connectivity index (χ0n) is 9.13. The highest BCUT2D eigenvalue weighted by molar-refractivity contribution is 5.85. The van der Waals surface area contributed by atoms with E-state index in [4.69, 9.17) is 0 Å². The minimum atomic E-state index is 0.935. The molecule has 1 aliphatic heterocycles. The summed E-state index contributed by atoms with van der Waals surface area (Å²) in [6.45, 7) is 2.94. The molecule has 2 nitrogen and oxygen atoms in total. The van der Waals surface area contributed by atoms with Gasteiger partial charge in [0.2, 0.25) is 0 Å². The molecule has 0 spiro atoms. The van der Waals surface area contributed by atoms with Crippen molar-refractivity contribution in [2.45, 2.75) is 6.54 Å². The van der Waals surface area contributed by atoms with Crippen molar-refractivity contribution >= 4 is 17.1 Å². The van der Waals surface area contributed by atoms with E-state index in [1.54, 1.807) is 0 Å². The summed E-state index contributed by atoms with van der Waals surface area (Å²) in [5.74, 6) is 0. The molecule has 0 fully saturated rings. The van der Waals surface area contributed by atoms with E-state index in [2.05, 4.69) is 52.4 Å². The number of nitrogens with zero attached hydrogens (tertiary/aromatic N) is 2. The summed E-state index contributed by atoms with van der Waals surface area (Å²) in [6, 6.07) is 15.0. The fourth-order valence-electron chi connectivity index (χ4n) is 2.19. The van der Waals surface area contributed by atoms with Crippen LogP contribution in [0.3, 0.4) is 0 Å². The summed E-state index contributed by atoms with van der Waals surface area (Å²) in [7, 11) is 0. The molecule has 0 radical (unpaired) electrons. The molecule has 1 aliphatic rings. The summed E-state index contributed by atoms with van der Waals surface area (Å²) in [4.78, 5) is 6.51.